The fourth-order valence-electron chi connectivity index (χ4n) is 3.72. The molecule has 116 valence electrons. The van der Waals surface area contributed by atoms with Crippen molar-refractivity contribution >= 4 is 8.53 Å². The monoisotopic (exact) mass is 301 g/mol. The zero-order chi connectivity index (χ0) is 14.3. The fraction of sp³-hybridized carbons (Fsp3) is 1.00. The molecule has 7 atom stereocenters. The van der Waals surface area contributed by atoms with Crippen LogP contribution in [0.2, 0.25) is 0 Å². The number of hydrogen-bond donors (Lipinski definition) is 0. The molecule has 0 aromatic heterocycles. The van der Waals surface area contributed by atoms with Crippen LogP contribution < -0.4 is 0 Å². The average molecular weight is 301 g/mol. The van der Waals surface area contributed by atoms with Gasteiger partial charge in [-0.25, -0.2) is 4.67 Å². The molecule has 3 saturated heterocycles. The van der Waals surface area contributed by atoms with E-state index in [2.05, 4.69) is 32.4 Å². The highest BCUT2D eigenvalue weighted by Crippen LogP contribution is 2.58. The lowest BCUT2D eigenvalue weighted by Crippen LogP contribution is -2.30. The van der Waals surface area contributed by atoms with Gasteiger partial charge >= 0.3 is 0 Å². The van der Waals surface area contributed by atoms with Crippen LogP contribution in [0, 0.1) is 5.92 Å². The molecule has 3 aliphatic rings. The standard InChI is InChI=1S/C15H28NO3P/c1-5-13-12-8-7-9-16(12)20(18-13)19-15-10(3)11(4)17-14(15)6-2/h10-15H,5-9H2,1-4H3/t10-,11+,12+,13-,14-,15?,20?/m1/s1. The lowest BCUT2D eigenvalue weighted by Gasteiger charge is -2.27. The maximum absolute atomic E-state index is 6.45. The first-order valence-corrected chi connectivity index (χ1v) is 9.34. The Labute approximate surface area is 124 Å². The number of hydrogen-bond acceptors (Lipinski definition) is 4. The summed E-state index contributed by atoms with van der Waals surface area (Å²) < 4.78 is 21.2. The van der Waals surface area contributed by atoms with E-state index in [0.717, 1.165) is 19.4 Å². The molecule has 0 spiro atoms. The van der Waals surface area contributed by atoms with Crippen LogP contribution in [0.3, 0.4) is 0 Å². The van der Waals surface area contributed by atoms with E-state index in [4.69, 9.17) is 13.8 Å². The van der Waals surface area contributed by atoms with E-state index >= 15 is 0 Å². The van der Waals surface area contributed by atoms with Crippen LogP contribution in [-0.4, -0.2) is 41.7 Å². The first-order valence-electron chi connectivity index (χ1n) is 8.21. The molecule has 0 bridgehead atoms. The molecule has 4 nitrogen and oxygen atoms in total. The molecule has 0 N–H and O–H groups in total. The van der Waals surface area contributed by atoms with Gasteiger partial charge in [-0.2, -0.15) is 0 Å². The third-order valence-electron chi connectivity index (χ3n) is 5.17. The first-order chi connectivity index (χ1) is 9.65. The van der Waals surface area contributed by atoms with Crippen molar-refractivity contribution in [1.29, 1.82) is 0 Å². The Morgan fingerprint density at radius 2 is 1.95 bits per heavy atom. The second kappa shape index (κ2) is 6.18. The minimum Gasteiger partial charge on any atom is -0.372 e. The number of fused-ring (bicyclic) bond motifs is 1. The second-order valence-electron chi connectivity index (χ2n) is 6.38. The molecule has 0 aromatic rings. The van der Waals surface area contributed by atoms with E-state index in [-0.39, 0.29) is 12.2 Å². The minimum atomic E-state index is -0.866. The summed E-state index contributed by atoms with van der Waals surface area (Å²) in [6.45, 7) is 9.95. The van der Waals surface area contributed by atoms with Crippen molar-refractivity contribution in [3.8, 4) is 0 Å². The zero-order valence-electron chi connectivity index (χ0n) is 13.1. The SMILES string of the molecule is CC[C@H]1O[C@@H](C)[C@@H](C)C1OP1O[C@H](CC)[C@@H]2CCCN21. The Hall–Kier alpha value is 0.270. The zero-order valence-corrected chi connectivity index (χ0v) is 14.0. The van der Waals surface area contributed by atoms with Gasteiger partial charge in [0.1, 0.15) is 0 Å². The highest BCUT2D eigenvalue weighted by atomic mass is 31.2. The average Bonchev–Trinajstić information content (AvgIpc) is 3.10. The van der Waals surface area contributed by atoms with Crippen LogP contribution >= 0.6 is 8.53 Å². The summed E-state index contributed by atoms with van der Waals surface area (Å²) in [5.74, 6) is 0.452. The summed E-state index contributed by atoms with van der Waals surface area (Å²) >= 11 is 0. The molecular formula is C15H28NO3P. The highest BCUT2D eigenvalue weighted by molar-refractivity contribution is 7.45. The first kappa shape index (κ1) is 15.2. The molecule has 3 rings (SSSR count). The van der Waals surface area contributed by atoms with Crippen LogP contribution in [0.25, 0.3) is 0 Å². The van der Waals surface area contributed by atoms with E-state index in [1.165, 1.54) is 12.8 Å². The van der Waals surface area contributed by atoms with Gasteiger partial charge in [0.2, 0.25) is 0 Å². The lowest BCUT2D eigenvalue weighted by atomic mass is 9.98. The molecule has 0 amide bonds. The van der Waals surface area contributed by atoms with Crippen molar-refractivity contribution < 1.29 is 13.8 Å². The third-order valence-corrected chi connectivity index (χ3v) is 6.96. The highest BCUT2D eigenvalue weighted by Gasteiger charge is 2.49. The molecule has 3 heterocycles. The van der Waals surface area contributed by atoms with Crippen molar-refractivity contribution in [2.45, 2.75) is 83.8 Å². The van der Waals surface area contributed by atoms with Crippen LogP contribution in [0.15, 0.2) is 0 Å². The van der Waals surface area contributed by atoms with Gasteiger partial charge in [-0.05, 0) is 32.6 Å². The van der Waals surface area contributed by atoms with Crippen LogP contribution in [0.5, 0.6) is 0 Å². The maximum atomic E-state index is 6.45. The van der Waals surface area contributed by atoms with Crippen LogP contribution in [0.4, 0.5) is 0 Å². The summed E-state index contributed by atoms with van der Waals surface area (Å²) in [6.07, 6.45) is 5.75. The fourth-order valence-corrected chi connectivity index (χ4v) is 5.88. The van der Waals surface area contributed by atoms with Crippen molar-refractivity contribution in [2.24, 2.45) is 5.92 Å². The molecule has 0 radical (unpaired) electrons. The lowest BCUT2D eigenvalue weighted by molar-refractivity contribution is 0.0192. The molecule has 3 aliphatic heterocycles. The van der Waals surface area contributed by atoms with Gasteiger partial charge in [-0.15, -0.1) is 0 Å². The van der Waals surface area contributed by atoms with Crippen LogP contribution in [-0.2, 0) is 13.8 Å². The Kier molecular flexibility index (Phi) is 4.69. The van der Waals surface area contributed by atoms with Gasteiger partial charge in [0.25, 0.3) is 8.53 Å². The normalized spacial score (nSPS) is 48.9. The van der Waals surface area contributed by atoms with E-state index in [1.807, 2.05) is 0 Å². The quantitative estimate of drug-likeness (QED) is 0.741. The molecule has 0 aromatic carbocycles. The Balaban J connectivity index is 1.68. The summed E-state index contributed by atoms with van der Waals surface area (Å²) in [6, 6.07) is 0.598. The van der Waals surface area contributed by atoms with Crippen LogP contribution in [0.1, 0.15) is 53.4 Å². The van der Waals surface area contributed by atoms with Crippen molar-refractivity contribution in [2.75, 3.05) is 6.54 Å². The van der Waals surface area contributed by atoms with Crippen molar-refractivity contribution in [3.63, 3.8) is 0 Å². The van der Waals surface area contributed by atoms with E-state index < -0.39 is 8.53 Å². The summed E-state index contributed by atoms with van der Waals surface area (Å²) in [4.78, 5) is 0. The van der Waals surface area contributed by atoms with Gasteiger partial charge in [0.05, 0.1) is 24.4 Å². The second-order valence-corrected chi connectivity index (χ2v) is 7.79. The summed E-state index contributed by atoms with van der Waals surface area (Å²) in [5.41, 5.74) is 0. The van der Waals surface area contributed by atoms with Gasteiger partial charge in [0, 0.05) is 18.5 Å². The summed E-state index contributed by atoms with van der Waals surface area (Å²) in [7, 11) is -0.866. The predicted octanol–water partition coefficient (Wildman–Crippen LogP) is 3.71. The topological polar surface area (TPSA) is 30.9 Å². The number of nitrogens with zero attached hydrogens (tertiary/aromatic N) is 1. The predicted molar refractivity (Wildman–Crippen MR) is 80.5 cm³/mol. The summed E-state index contributed by atoms with van der Waals surface area (Å²) in [5, 5.41) is 0. The minimum absolute atomic E-state index is 0.193. The molecule has 20 heavy (non-hydrogen) atoms. The number of rotatable bonds is 4. The third kappa shape index (κ3) is 2.55. The number of ether oxygens (including phenoxy) is 1. The molecule has 0 aliphatic carbocycles. The Bertz CT molecular complexity index is 343. The largest absolute Gasteiger partial charge is 0.372 e. The molecule has 2 unspecified atom stereocenters. The van der Waals surface area contributed by atoms with Crippen molar-refractivity contribution in [1.82, 2.24) is 4.67 Å². The molecule has 5 heteroatoms. The van der Waals surface area contributed by atoms with Gasteiger partial charge in [-0.3, -0.25) is 0 Å². The van der Waals surface area contributed by atoms with E-state index in [1.54, 1.807) is 0 Å². The Morgan fingerprint density at radius 1 is 1.20 bits per heavy atom. The van der Waals surface area contributed by atoms with E-state index in [9.17, 15) is 0 Å². The van der Waals surface area contributed by atoms with Gasteiger partial charge in [0.15, 0.2) is 0 Å². The molecule has 0 saturated carbocycles. The smallest absolute Gasteiger partial charge is 0.259 e. The van der Waals surface area contributed by atoms with Crippen molar-refractivity contribution in [3.05, 3.63) is 0 Å². The van der Waals surface area contributed by atoms with Gasteiger partial charge in [-0.1, -0.05) is 20.8 Å². The molecule has 3 fully saturated rings. The van der Waals surface area contributed by atoms with E-state index in [0.29, 0.717) is 24.2 Å². The maximum Gasteiger partial charge on any atom is 0.259 e. The molecular weight excluding hydrogens is 273 g/mol. The Morgan fingerprint density at radius 3 is 2.65 bits per heavy atom. The van der Waals surface area contributed by atoms with Gasteiger partial charge < -0.3 is 13.8 Å².